The van der Waals surface area contributed by atoms with Crippen molar-refractivity contribution in [2.75, 3.05) is 5.32 Å². The number of ether oxygens (including phenoxy) is 1. The van der Waals surface area contributed by atoms with E-state index >= 15 is 0 Å². The van der Waals surface area contributed by atoms with Gasteiger partial charge in [0.25, 0.3) is 0 Å². The van der Waals surface area contributed by atoms with E-state index in [9.17, 15) is 14.0 Å². The molecule has 37 heavy (non-hydrogen) atoms. The number of fused-ring (bicyclic) bond motifs is 1. The lowest BCUT2D eigenvalue weighted by atomic mass is 10.1. The fourth-order valence-electron chi connectivity index (χ4n) is 4.08. The molecular formula is C29H23FN4O3. The lowest BCUT2D eigenvalue weighted by Gasteiger charge is -2.09. The first-order chi connectivity index (χ1) is 17.9. The molecule has 0 radical (unpaired) electrons. The van der Waals surface area contributed by atoms with E-state index in [2.05, 4.69) is 16.9 Å². The van der Waals surface area contributed by atoms with Gasteiger partial charge in [-0.1, -0.05) is 24.8 Å². The van der Waals surface area contributed by atoms with Crippen molar-refractivity contribution in [2.45, 2.75) is 13.5 Å². The highest BCUT2D eigenvalue weighted by Gasteiger charge is 2.17. The molecule has 5 rings (SSSR count). The summed E-state index contributed by atoms with van der Waals surface area (Å²) in [5.41, 5.74) is 4.02. The van der Waals surface area contributed by atoms with Crippen molar-refractivity contribution in [3.05, 3.63) is 125 Å². The molecule has 184 valence electrons. The predicted molar refractivity (Wildman–Crippen MR) is 141 cm³/mol. The summed E-state index contributed by atoms with van der Waals surface area (Å²) in [5.74, 6) is -0.107. The summed E-state index contributed by atoms with van der Waals surface area (Å²) in [6.07, 6.45) is 4.43. The molecule has 0 saturated carbocycles. The number of carbonyl (C=O) groups is 1. The van der Waals surface area contributed by atoms with E-state index in [1.165, 1.54) is 12.1 Å². The number of aryl methyl sites for hydroxylation is 1. The molecule has 0 aliphatic carbocycles. The number of pyridine rings is 1. The number of imidazole rings is 1. The van der Waals surface area contributed by atoms with Crippen molar-refractivity contribution < 1.29 is 13.9 Å². The van der Waals surface area contributed by atoms with E-state index in [1.807, 2.05) is 13.0 Å². The molecule has 7 nitrogen and oxygen atoms in total. The number of hydrogen-bond acceptors (Lipinski definition) is 4. The van der Waals surface area contributed by atoms with Gasteiger partial charge in [-0.25, -0.2) is 9.18 Å². The van der Waals surface area contributed by atoms with Crippen molar-refractivity contribution in [2.24, 2.45) is 0 Å². The smallest absolute Gasteiger partial charge is 0.338 e. The summed E-state index contributed by atoms with van der Waals surface area (Å²) in [5, 5.41) is 2.71. The number of halogens is 1. The van der Waals surface area contributed by atoms with Crippen molar-refractivity contribution in [1.29, 1.82) is 0 Å². The average molecular weight is 495 g/mol. The highest BCUT2D eigenvalue weighted by Crippen LogP contribution is 2.24. The van der Waals surface area contributed by atoms with Gasteiger partial charge in [-0.05, 0) is 73.2 Å². The number of carbonyl (C=O) groups excluding carboxylic acids is 1. The summed E-state index contributed by atoms with van der Waals surface area (Å²) < 4.78 is 23.0. The number of hydrogen-bond donors (Lipinski definition) is 1. The minimum atomic E-state index is -0.344. The molecule has 0 spiro atoms. The number of nitrogens with one attached hydrogen (secondary N) is 1. The van der Waals surface area contributed by atoms with Crippen LogP contribution < -0.4 is 15.7 Å². The first-order valence-corrected chi connectivity index (χ1v) is 11.5. The lowest BCUT2D eigenvalue weighted by molar-refractivity contribution is -0.111. The predicted octanol–water partition coefficient (Wildman–Crippen LogP) is 5.33. The number of nitrogens with zero attached hydrogens (tertiary/aromatic N) is 3. The minimum absolute atomic E-state index is 0.0906. The SMILES string of the molecule is C=CC(=O)Nc1cccc(-n2c(=O)n(-c3ccc(OCc4ccc(C)cc4F)cc3)c3cnccc32)c1. The molecule has 0 fully saturated rings. The molecule has 0 bridgehead atoms. The van der Waals surface area contributed by atoms with E-state index in [0.717, 1.165) is 5.56 Å². The Kier molecular flexibility index (Phi) is 6.38. The van der Waals surface area contributed by atoms with Crippen molar-refractivity contribution in [3.8, 4) is 17.1 Å². The highest BCUT2D eigenvalue weighted by atomic mass is 19.1. The largest absolute Gasteiger partial charge is 0.489 e. The Morgan fingerprint density at radius 3 is 2.57 bits per heavy atom. The third kappa shape index (κ3) is 4.77. The number of anilines is 1. The van der Waals surface area contributed by atoms with Gasteiger partial charge in [0.1, 0.15) is 18.2 Å². The summed E-state index contributed by atoms with van der Waals surface area (Å²) in [6, 6.07) is 20.8. The second kappa shape index (κ2) is 9.94. The van der Waals surface area contributed by atoms with E-state index in [1.54, 1.807) is 82.2 Å². The maximum absolute atomic E-state index is 14.1. The van der Waals surface area contributed by atoms with Crippen LogP contribution in [0.1, 0.15) is 11.1 Å². The fourth-order valence-corrected chi connectivity index (χ4v) is 4.08. The number of rotatable bonds is 7. The lowest BCUT2D eigenvalue weighted by Crippen LogP contribution is -2.22. The van der Waals surface area contributed by atoms with Crippen LogP contribution in [0.15, 0.2) is 103 Å². The molecule has 2 heterocycles. The molecular weight excluding hydrogens is 471 g/mol. The van der Waals surface area contributed by atoms with Gasteiger partial charge in [0.05, 0.1) is 28.6 Å². The Morgan fingerprint density at radius 1 is 1.03 bits per heavy atom. The summed E-state index contributed by atoms with van der Waals surface area (Å²) >= 11 is 0. The second-order valence-electron chi connectivity index (χ2n) is 8.44. The highest BCUT2D eigenvalue weighted by molar-refractivity contribution is 5.99. The Morgan fingerprint density at radius 2 is 1.81 bits per heavy atom. The second-order valence-corrected chi connectivity index (χ2v) is 8.44. The summed E-state index contributed by atoms with van der Waals surface area (Å²) in [4.78, 5) is 29.6. The van der Waals surface area contributed by atoms with Crippen LogP contribution in [0.25, 0.3) is 22.4 Å². The van der Waals surface area contributed by atoms with Gasteiger partial charge < -0.3 is 10.1 Å². The number of benzene rings is 3. The summed E-state index contributed by atoms with van der Waals surface area (Å²) in [6.45, 7) is 5.39. The molecule has 5 aromatic rings. The molecule has 0 aliphatic rings. The van der Waals surface area contributed by atoms with Gasteiger partial charge in [-0.2, -0.15) is 0 Å². The number of amides is 1. The van der Waals surface area contributed by atoms with Crippen LogP contribution in [0.4, 0.5) is 10.1 Å². The van der Waals surface area contributed by atoms with Crippen molar-refractivity contribution >= 4 is 22.6 Å². The zero-order valence-electron chi connectivity index (χ0n) is 20.0. The molecule has 1 N–H and O–H groups in total. The molecule has 3 aromatic carbocycles. The Balaban J connectivity index is 1.48. The number of aromatic nitrogens is 3. The molecule has 8 heteroatoms. The minimum Gasteiger partial charge on any atom is -0.489 e. The molecule has 0 aliphatic heterocycles. The molecule has 1 amide bonds. The quantitative estimate of drug-likeness (QED) is 0.310. The van der Waals surface area contributed by atoms with Crippen LogP contribution in [0.3, 0.4) is 0 Å². The zero-order valence-corrected chi connectivity index (χ0v) is 20.0. The maximum atomic E-state index is 14.1. The molecule has 0 unspecified atom stereocenters. The van der Waals surface area contributed by atoms with E-state index in [4.69, 9.17) is 4.74 Å². The Bertz CT molecular complexity index is 1690. The Hall–Kier alpha value is -4.98. The monoisotopic (exact) mass is 494 g/mol. The third-order valence-corrected chi connectivity index (χ3v) is 5.90. The molecule has 0 saturated heterocycles. The average Bonchev–Trinajstić information content (AvgIpc) is 3.20. The van der Waals surface area contributed by atoms with Crippen LogP contribution in [-0.2, 0) is 11.4 Å². The van der Waals surface area contributed by atoms with E-state index < -0.39 is 0 Å². The topological polar surface area (TPSA) is 78.2 Å². The summed E-state index contributed by atoms with van der Waals surface area (Å²) in [7, 11) is 0. The van der Waals surface area contributed by atoms with Crippen LogP contribution in [0.5, 0.6) is 5.75 Å². The fraction of sp³-hybridized carbons (Fsp3) is 0.0690. The molecule has 2 aromatic heterocycles. The van der Waals surface area contributed by atoms with Gasteiger partial charge in [-0.3, -0.25) is 18.9 Å². The third-order valence-electron chi connectivity index (χ3n) is 5.90. The zero-order chi connectivity index (χ0) is 25.9. The van der Waals surface area contributed by atoms with Gasteiger partial charge in [-0.15, -0.1) is 0 Å². The Labute approximate surface area is 212 Å². The van der Waals surface area contributed by atoms with Crippen molar-refractivity contribution in [1.82, 2.24) is 14.1 Å². The van der Waals surface area contributed by atoms with Gasteiger partial charge in [0.15, 0.2) is 0 Å². The van der Waals surface area contributed by atoms with E-state index in [0.29, 0.717) is 39.4 Å². The normalized spacial score (nSPS) is 10.9. The van der Waals surface area contributed by atoms with Crippen molar-refractivity contribution in [3.63, 3.8) is 0 Å². The molecule has 0 atom stereocenters. The van der Waals surface area contributed by atoms with Crippen LogP contribution in [0, 0.1) is 12.7 Å². The first kappa shape index (κ1) is 23.7. The van der Waals surface area contributed by atoms with Gasteiger partial charge in [0, 0.05) is 17.4 Å². The van der Waals surface area contributed by atoms with Gasteiger partial charge in [0.2, 0.25) is 5.91 Å². The van der Waals surface area contributed by atoms with Crippen LogP contribution in [0.2, 0.25) is 0 Å². The van der Waals surface area contributed by atoms with E-state index in [-0.39, 0.29) is 24.0 Å². The van der Waals surface area contributed by atoms with Crippen LogP contribution in [-0.4, -0.2) is 20.0 Å². The first-order valence-electron chi connectivity index (χ1n) is 11.5. The van der Waals surface area contributed by atoms with Crippen LogP contribution >= 0.6 is 0 Å². The standard InChI is InChI=1S/C29H23FN4O3/c1-3-28(35)32-21-5-4-6-23(16-21)34-26-13-14-31-17-27(26)33(29(34)36)22-9-11-24(12-10-22)37-18-20-8-7-19(2)15-25(20)30/h3-17H,1,18H2,2H3,(H,32,35). The maximum Gasteiger partial charge on any atom is 0.338 e. The van der Waals surface area contributed by atoms with Gasteiger partial charge >= 0.3 is 5.69 Å².